The molecule has 0 bridgehead atoms. The third kappa shape index (κ3) is 8.51. The number of hydrogen-bond acceptors (Lipinski definition) is 8. The minimum atomic E-state index is -0.715. The lowest BCUT2D eigenvalue weighted by atomic mass is 10.1. The zero-order chi connectivity index (χ0) is 26.3. The van der Waals surface area contributed by atoms with Crippen molar-refractivity contribution in [2.75, 3.05) is 26.9 Å². The summed E-state index contributed by atoms with van der Waals surface area (Å²) in [5, 5.41) is 9.21. The lowest BCUT2D eigenvalue weighted by Crippen LogP contribution is -2.06. The zero-order valence-electron chi connectivity index (χ0n) is 21.0. The molecule has 0 fully saturated rings. The molecule has 2 rings (SSSR count). The third-order valence-electron chi connectivity index (χ3n) is 4.76. The van der Waals surface area contributed by atoms with Crippen molar-refractivity contribution in [3.8, 4) is 29.1 Å². The molecule has 0 unspecified atom stereocenters. The highest BCUT2D eigenvalue weighted by molar-refractivity contribution is 5.98. The third-order valence-corrected chi connectivity index (χ3v) is 4.76. The van der Waals surface area contributed by atoms with Crippen molar-refractivity contribution < 1.29 is 33.3 Å². The molecule has 0 N–H and O–H groups in total. The summed E-state index contributed by atoms with van der Waals surface area (Å²) in [6, 6.07) is 11.9. The van der Waals surface area contributed by atoms with Crippen molar-refractivity contribution in [3.05, 3.63) is 59.2 Å². The Morgan fingerprint density at radius 2 is 1.64 bits per heavy atom. The lowest BCUT2D eigenvalue weighted by Gasteiger charge is -2.12. The highest BCUT2D eigenvalue weighted by Gasteiger charge is 2.13. The maximum Gasteiger partial charge on any atom is 0.348 e. The molecule has 0 aromatic heterocycles. The summed E-state index contributed by atoms with van der Waals surface area (Å²) >= 11 is 0. The minimum absolute atomic E-state index is 0.153. The average molecular weight is 494 g/mol. The van der Waals surface area contributed by atoms with Gasteiger partial charge in [0.25, 0.3) is 0 Å². The zero-order valence-corrected chi connectivity index (χ0v) is 21.0. The van der Waals surface area contributed by atoms with Gasteiger partial charge in [0.15, 0.2) is 23.0 Å². The summed E-state index contributed by atoms with van der Waals surface area (Å²) in [7, 11) is 1.42. The van der Waals surface area contributed by atoms with Crippen LogP contribution in [0.4, 0.5) is 0 Å². The molecular formula is C28H31NO7. The van der Waals surface area contributed by atoms with E-state index in [4.69, 9.17) is 23.7 Å². The highest BCUT2D eigenvalue weighted by atomic mass is 16.6. The van der Waals surface area contributed by atoms with Crippen LogP contribution in [0.3, 0.4) is 0 Å². The van der Waals surface area contributed by atoms with Crippen LogP contribution in [-0.4, -0.2) is 38.9 Å². The van der Waals surface area contributed by atoms with Crippen molar-refractivity contribution in [1.29, 1.82) is 5.26 Å². The largest absolute Gasteiger partial charge is 0.493 e. The van der Waals surface area contributed by atoms with E-state index in [9.17, 15) is 14.9 Å². The molecule has 0 saturated carbocycles. The van der Waals surface area contributed by atoms with Gasteiger partial charge >= 0.3 is 11.9 Å². The van der Waals surface area contributed by atoms with Gasteiger partial charge in [-0.3, -0.25) is 0 Å². The number of esters is 2. The summed E-state index contributed by atoms with van der Waals surface area (Å²) in [5.74, 6) is 0.391. The molecule has 0 atom stereocenters. The Balaban J connectivity index is 2.14. The highest BCUT2D eigenvalue weighted by Crippen LogP contribution is 2.31. The Morgan fingerprint density at radius 3 is 2.31 bits per heavy atom. The summed E-state index contributed by atoms with van der Waals surface area (Å²) in [6.45, 7) is 6.89. The fourth-order valence-electron chi connectivity index (χ4n) is 3.02. The maximum absolute atomic E-state index is 12.4. The first-order valence-corrected chi connectivity index (χ1v) is 11.7. The molecule has 2 aromatic rings. The number of nitrogens with zero attached hydrogens (tertiary/aromatic N) is 1. The van der Waals surface area contributed by atoms with E-state index in [1.807, 2.05) is 25.1 Å². The van der Waals surface area contributed by atoms with Crippen LogP contribution in [0.15, 0.2) is 48.0 Å². The number of carbonyl (C=O) groups is 2. The molecule has 8 nitrogen and oxygen atoms in total. The lowest BCUT2D eigenvalue weighted by molar-refractivity contribution is -0.138. The number of nitriles is 1. The fraction of sp³-hybridized carbons (Fsp3) is 0.321. The first-order chi connectivity index (χ1) is 17.4. The van der Waals surface area contributed by atoms with Crippen molar-refractivity contribution >= 4 is 24.1 Å². The van der Waals surface area contributed by atoms with Gasteiger partial charge in [-0.25, -0.2) is 9.59 Å². The fourth-order valence-corrected chi connectivity index (χ4v) is 3.02. The number of hydrogen-bond donors (Lipinski definition) is 0. The molecule has 0 radical (unpaired) electrons. The van der Waals surface area contributed by atoms with Crippen LogP contribution in [0, 0.1) is 11.3 Å². The predicted molar refractivity (Wildman–Crippen MR) is 136 cm³/mol. The summed E-state index contributed by atoms with van der Waals surface area (Å²) in [5.41, 5.74) is 1.10. The first-order valence-electron chi connectivity index (χ1n) is 11.7. The van der Waals surface area contributed by atoms with E-state index in [2.05, 4.69) is 6.92 Å². The van der Waals surface area contributed by atoms with Gasteiger partial charge in [-0.1, -0.05) is 25.5 Å². The molecule has 0 aliphatic carbocycles. The summed E-state index contributed by atoms with van der Waals surface area (Å²) in [6.07, 6.45) is 6.27. The molecule has 0 saturated heterocycles. The molecule has 2 aromatic carbocycles. The normalized spacial score (nSPS) is 11.0. The van der Waals surface area contributed by atoms with Gasteiger partial charge < -0.3 is 23.7 Å². The van der Waals surface area contributed by atoms with Crippen LogP contribution in [0.1, 0.15) is 44.7 Å². The molecule has 0 aliphatic rings. The second-order valence-electron chi connectivity index (χ2n) is 7.40. The number of ether oxygens (including phenoxy) is 5. The number of benzene rings is 2. The van der Waals surface area contributed by atoms with Gasteiger partial charge in [0.1, 0.15) is 11.6 Å². The quantitative estimate of drug-likeness (QED) is 0.121. The molecule has 8 heteroatoms. The van der Waals surface area contributed by atoms with Gasteiger partial charge in [-0.15, -0.1) is 0 Å². The molecule has 36 heavy (non-hydrogen) atoms. The van der Waals surface area contributed by atoms with Gasteiger partial charge in [0.05, 0.1) is 26.9 Å². The Kier molecular flexibility index (Phi) is 11.6. The van der Waals surface area contributed by atoms with Crippen molar-refractivity contribution in [2.45, 2.75) is 33.6 Å². The first kappa shape index (κ1) is 28.0. The minimum Gasteiger partial charge on any atom is -0.493 e. The SMILES string of the molecule is CCCCOc1ccc(/C=C/C(=O)Oc2ccc(/C=C(\C#N)C(=O)OCC)cc2OC)cc1OCC. The smallest absolute Gasteiger partial charge is 0.348 e. The Labute approximate surface area is 211 Å². The van der Waals surface area contributed by atoms with E-state index in [-0.39, 0.29) is 23.7 Å². The molecular weight excluding hydrogens is 462 g/mol. The maximum atomic E-state index is 12.4. The molecule has 0 heterocycles. The number of methoxy groups -OCH3 is 1. The van der Waals surface area contributed by atoms with Crippen LogP contribution in [0.5, 0.6) is 23.0 Å². The molecule has 190 valence electrons. The van der Waals surface area contributed by atoms with Gasteiger partial charge in [-0.2, -0.15) is 5.26 Å². The standard InChI is InChI=1S/C28H31NO7/c1-5-8-15-35-23-12-9-20(17-26(23)33-6-2)11-14-27(30)36-24-13-10-21(18-25(24)32-4)16-22(19-29)28(31)34-7-3/h9-14,16-18H,5-8,15H2,1-4H3/b14-11+,22-16+. The topological polar surface area (TPSA) is 104 Å². The predicted octanol–water partition coefficient (Wildman–Crippen LogP) is 5.36. The van der Waals surface area contributed by atoms with Crippen molar-refractivity contribution in [1.82, 2.24) is 0 Å². The average Bonchev–Trinajstić information content (AvgIpc) is 2.88. The molecule has 0 aliphatic heterocycles. The van der Waals surface area contributed by atoms with Crippen LogP contribution in [0.25, 0.3) is 12.2 Å². The number of unbranched alkanes of at least 4 members (excludes halogenated alkanes) is 1. The van der Waals surface area contributed by atoms with Gasteiger partial charge in [0, 0.05) is 6.08 Å². The monoisotopic (exact) mass is 493 g/mol. The molecule has 0 spiro atoms. The Morgan fingerprint density at radius 1 is 0.917 bits per heavy atom. The summed E-state index contributed by atoms with van der Waals surface area (Å²) < 4.78 is 27.0. The molecule has 0 amide bonds. The number of carbonyl (C=O) groups excluding carboxylic acids is 2. The van der Waals surface area contributed by atoms with Crippen molar-refractivity contribution in [3.63, 3.8) is 0 Å². The van der Waals surface area contributed by atoms with E-state index in [1.54, 1.807) is 31.2 Å². The van der Waals surface area contributed by atoms with Crippen LogP contribution in [0.2, 0.25) is 0 Å². The Bertz CT molecular complexity index is 1150. The number of rotatable bonds is 13. The van der Waals surface area contributed by atoms with E-state index in [1.165, 1.54) is 25.3 Å². The van der Waals surface area contributed by atoms with Gasteiger partial charge in [-0.05, 0) is 67.8 Å². The van der Waals surface area contributed by atoms with Gasteiger partial charge in [0.2, 0.25) is 0 Å². The van der Waals surface area contributed by atoms with Crippen LogP contribution >= 0.6 is 0 Å². The van der Waals surface area contributed by atoms with E-state index in [0.717, 1.165) is 18.4 Å². The van der Waals surface area contributed by atoms with Crippen molar-refractivity contribution in [2.24, 2.45) is 0 Å². The van der Waals surface area contributed by atoms with E-state index in [0.29, 0.717) is 30.3 Å². The van der Waals surface area contributed by atoms with Crippen LogP contribution in [-0.2, 0) is 14.3 Å². The van der Waals surface area contributed by atoms with Crippen LogP contribution < -0.4 is 18.9 Å². The van der Waals surface area contributed by atoms with E-state index < -0.39 is 11.9 Å². The second kappa shape index (κ2) is 14.9. The van der Waals surface area contributed by atoms with E-state index >= 15 is 0 Å². The summed E-state index contributed by atoms with van der Waals surface area (Å²) in [4.78, 5) is 24.3. The second-order valence-corrected chi connectivity index (χ2v) is 7.40. The Hall–Kier alpha value is -4.25.